The molecular formula is C60H116N2O7P+. The van der Waals surface area contributed by atoms with Gasteiger partial charge < -0.3 is 19.4 Å². The van der Waals surface area contributed by atoms with Crippen LogP contribution in [0.4, 0.5) is 0 Å². The van der Waals surface area contributed by atoms with Gasteiger partial charge in [0.2, 0.25) is 5.91 Å². The predicted octanol–water partition coefficient (Wildman–Crippen LogP) is 17.9. The van der Waals surface area contributed by atoms with Crippen molar-refractivity contribution >= 4 is 19.7 Å². The minimum Gasteiger partial charge on any atom is -0.456 e. The third-order valence-electron chi connectivity index (χ3n) is 13.3. The molecule has 0 aliphatic rings. The van der Waals surface area contributed by atoms with Crippen LogP contribution in [0.1, 0.15) is 284 Å². The number of hydrogen-bond acceptors (Lipinski definition) is 6. The number of carbonyl (C=O) groups excluding carboxylic acids is 2. The summed E-state index contributed by atoms with van der Waals surface area (Å²) in [5, 5.41) is 3.04. The van der Waals surface area contributed by atoms with E-state index in [9.17, 15) is 19.0 Å². The van der Waals surface area contributed by atoms with E-state index in [0.29, 0.717) is 17.4 Å². The molecule has 2 N–H and O–H groups in total. The Morgan fingerprint density at radius 1 is 0.486 bits per heavy atom. The van der Waals surface area contributed by atoms with E-state index < -0.39 is 20.0 Å². The van der Waals surface area contributed by atoms with Gasteiger partial charge >= 0.3 is 13.8 Å². The molecular weight excluding hydrogens is 892 g/mol. The number of nitrogens with zero attached hydrogens (tertiary/aromatic N) is 1. The lowest BCUT2D eigenvalue weighted by Gasteiger charge is -2.27. The number of amides is 1. The summed E-state index contributed by atoms with van der Waals surface area (Å²) in [6, 6.07) is -0.853. The molecule has 0 aromatic carbocycles. The highest BCUT2D eigenvalue weighted by Gasteiger charge is 2.30. The van der Waals surface area contributed by atoms with Gasteiger partial charge in [0, 0.05) is 12.8 Å². The number of ether oxygens (including phenoxy) is 1. The maximum atomic E-state index is 13.5. The van der Waals surface area contributed by atoms with Gasteiger partial charge in [0.05, 0.1) is 33.8 Å². The van der Waals surface area contributed by atoms with Crippen LogP contribution < -0.4 is 5.32 Å². The van der Waals surface area contributed by atoms with Gasteiger partial charge in [0.15, 0.2) is 0 Å². The number of allylic oxidation sites excluding steroid dienone is 5. The van der Waals surface area contributed by atoms with Gasteiger partial charge in [-0.05, 0) is 83.1 Å². The first-order valence-corrected chi connectivity index (χ1v) is 31.3. The van der Waals surface area contributed by atoms with Gasteiger partial charge in [-0.15, -0.1) is 0 Å². The Morgan fingerprint density at radius 2 is 0.829 bits per heavy atom. The minimum atomic E-state index is -4.44. The van der Waals surface area contributed by atoms with E-state index in [1.165, 1.54) is 180 Å². The zero-order valence-corrected chi connectivity index (χ0v) is 47.9. The first-order chi connectivity index (χ1) is 33.9. The van der Waals surface area contributed by atoms with Gasteiger partial charge in [-0.25, -0.2) is 4.57 Å². The molecule has 0 heterocycles. The molecule has 9 nitrogen and oxygen atoms in total. The number of carbonyl (C=O) groups is 2. The molecule has 0 bridgehead atoms. The summed E-state index contributed by atoms with van der Waals surface area (Å²) in [5.74, 6) is -0.518. The van der Waals surface area contributed by atoms with Gasteiger partial charge in [-0.2, -0.15) is 0 Å². The summed E-state index contributed by atoms with van der Waals surface area (Å²) in [5.41, 5.74) is 0. The number of unbranched alkanes of at least 4 members (excludes halogenated alkanes) is 34. The van der Waals surface area contributed by atoms with Gasteiger partial charge in [-0.1, -0.05) is 225 Å². The lowest BCUT2D eigenvalue weighted by Crippen LogP contribution is -2.47. The Balaban J connectivity index is 5.28. The fourth-order valence-corrected chi connectivity index (χ4v) is 9.37. The Morgan fingerprint density at radius 3 is 1.23 bits per heavy atom. The van der Waals surface area contributed by atoms with Crippen LogP contribution in [-0.2, 0) is 27.9 Å². The highest BCUT2D eigenvalue weighted by molar-refractivity contribution is 7.47. The van der Waals surface area contributed by atoms with E-state index in [4.69, 9.17) is 13.8 Å². The van der Waals surface area contributed by atoms with Gasteiger partial charge in [0.1, 0.15) is 19.3 Å². The molecule has 1 amide bonds. The first-order valence-electron chi connectivity index (χ1n) is 29.8. The molecule has 0 fully saturated rings. The van der Waals surface area contributed by atoms with Gasteiger partial charge in [0.25, 0.3) is 0 Å². The Hall–Kier alpha value is -1.77. The molecule has 412 valence electrons. The fraction of sp³-hybridized carbons (Fsp3) is 0.867. The van der Waals surface area contributed by atoms with Crippen molar-refractivity contribution in [3.8, 4) is 0 Å². The van der Waals surface area contributed by atoms with Crippen molar-refractivity contribution in [2.24, 2.45) is 0 Å². The number of phosphoric acid groups is 1. The van der Waals surface area contributed by atoms with Crippen molar-refractivity contribution in [3.63, 3.8) is 0 Å². The molecule has 0 aromatic rings. The Kier molecular flexibility index (Phi) is 49.5. The van der Waals surface area contributed by atoms with Gasteiger partial charge in [-0.3, -0.25) is 18.6 Å². The van der Waals surface area contributed by atoms with E-state index in [-0.39, 0.29) is 31.5 Å². The van der Waals surface area contributed by atoms with E-state index >= 15 is 0 Å². The lowest BCUT2D eigenvalue weighted by molar-refractivity contribution is -0.870. The molecule has 0 saturated carbocycles. The monoisotopic (exact) mass is 1010 g/mol. The zero-order valence-electron chi connectivity index (χ0n) is 47.0. The van der Waals surface area contributed by atoms with Crippen LogP contribution in [-0.4, -0.2) is 74.3 Å². The molecule has 3 unspecified atom stereocenters. The molecule has 3 atom stereocenters. The lowest BCUT2D eigenvalue weighted by atomic mass is 10.0. The van der Waals surface area contributed by atoms with E-state index in [0.717, 1.165) is 70.6 Å². The third-order valence-corrected chi connectivity index (χ3v) is 14.3. The minimum absolute atomic E-state index is 0.0387. The van der Waals surface area contributed by atoms with Crippen LogP contribution in [0.5, 0.6) is 0 Å². The van der Waals surface area contributed by atoms with E-state index in [2.05, 4.69) is 50.4 Å². The highest BCUT2D eigenvalue weighted by atomic mass is 31.2. The molecule has 0 spiro atoms. The maximum Gasteiger partial charge on any atom is 0.472 e. The summed E-state index contributed by atoms with van der Waals surface area (Å²) in [6.07, 6.45) is 59.9. The molecule has 0 saturated heterocycles. The van der Waals surface area contributed by atoms with Crippen molar-refractivity contribution in [2.45, 2.75) is 296 Å². The average molecular weight is 1010 g/mol. The van der Waals surface area contributed by atoms with Crippen LogP contribution in [0.25, 0.3) is 0 Å². The van der Waals surface area contributed by atoms with Crippen LogP contribution in [0, 0.1) is 0 Å². The van der Waals surface area contributed by atoms with Crippen molar-refractivity contribution in [1.82, 2.24) is 5.32 Å². The molecule has 70 heavy (non-hydrogen) atoms. The smallest absolute Gasteiger partial charge is 0.456 e. The van der Waals surface area contributed by atoms with Crippen LogP contribution in [0.15, 0.2) is 36.5 Å². The Bertz CT molecular complexity index is 1300. The standard InChI is InChI=1S/C60H115N2O7P/c1-7-10-13-16-19-22-25-28-29-30-31-32-33-35-38-41-44-47-50-53-60(64)69-58(51-48-45-42-39-36-27-24-21-18-15-12-9-3)57(56-68-70(65,66)67-55-54-62(4,5)6)61-59(63)52-49-46-43-40-37-34-26-23-20-17-14-11-8-2/h28-29,34,37,48,51,57-58H,7-27,30-33,35-36,38-47,49-50,52-56H2,1-6H3,(H-,61,63,65,66)/p+1/b29-28+,37-34-,51-48-. The highest BCUT2D eigenvalue weighted by Crippen LogP contribution is 2.43. The number of hydrogen-bond donors (Lipinski definition) is 2. The number of esters is 1. The second kappa shape index (κ2) is 50.7. The number of phosphoric ester groups is 1. The van der Waals surface area contributed by atoms with Crippen LogP contribution in [0.3, 0.4) is 0 Å². The van der Waals surface area contributed by atoms with Crippen molar-refractivity contribution in [2.75, 3.05) is 40.9 Å². The quantitative estimate of drug-likeness (QED) is 0.0205. The summed E-state index contributed by atoms with van der Waals surface area (Å²) in [4.78, 5) is 37.6. The molecule has 0 radical (unpaired) electrons. The predicted molar refractivity (Wildman–Crippen MR) is 300 cm³/mol. The molecule has 0 rings (SSSR count). The summed E-state index contributed by atoms with van der Waals surface area (Å²) in [6.45, 7) is 7.00. The fourth-order valence-electron chi connectivity index (χ4n) is 8.64. The molecule has 0 aliphatic carbocycles. The SMILES string of the molecule is CCCCCCCC/C=C\CCCCCC(=O)NC(COP(=O)(O)OCC[N+](C)(C)C)C(/C=C\CCCCCCCCCCCC)OC(=O)CCCCCCCCCCC/C=C/CCCCCCCC. The zero-order chi connectivity index (χ0) is 51.5. The van der Waals surface area contributed by atoms with E-state index in [1.807, 2.05) is 33.3 Å². The number of nitrogens with one attached hydrogen (secondary N) is 1. The molecule has 0 aromatic heterocycles. The molecule has 10 heteroatoms. The third kappa shape index (κ3) is 51.1. The summed E-state index contributed by atoms with van der Waals surface area (Å²) < 4.78 is 30.6. The average Bonchev–Trinajstić information content (AvgIpc) is 3.32. The largest absolute Gasteiger partial charge is 0.472 e. The van der Waals surface area contributed by atoms with Crippen LogP contribution >= 0.6 is 7.82 Å². The topological polar surface area (TPSA) is 111 Å². The summed E-state index contributed by atoms with van der Waals surface area (Å²) >= 11 is 0. The summed E-state index contributed by atoms with van der Waals surface area (Å²) in [7, 11) is 1.49. The normalized spacial score (nSPS) is 14.0. The second-order valence-corrected chi connectivity index (χ2v) is 23.0. The molecule has 0 aliphatic heterocycles. The Labute approximate surface area is 434 Å². The number of likely N-dealkylation sites (N-methyl/N-ethyl adjacent to an activating group) is 1. The second-order valence-electron chi connectivity index (χ2n) is 21.5. The van der Waals surface area contributed by atoms with Crippen LogP contribution in [0.2, 0.25) is 0 Å². The first kappa shape index (κ1) is 68.2. The van der Waals surface area contributed by atoms with E-state index in [1.54, 1.807) is 0 Å². The van der Waals surface area contributed by atoms with Crippen molar-refractivity contribution < 1.29 is 37.3 Å². The number of rotatable bonds is 54. The van der Waals surface area contributed by atoms with Crippen molar-refractivity contribution in [3.05, 3.63) is 36.5 Å². The maximum absolute atomic E-state index is 13.5. The number of quaternary nitrogens is 1. The van der Waals surface area contributed by atoms with Crippen molar-refractivity contribution in [1.29, 1.82) is 0 Å².